The zero-order chi connectivity index (χ0) is 46.4. The Morgan fingerprint density at radius 3 is 2.49 bits per heavy atom. The lowest BCUT2D eigenvalue weighted by Crippen LogP contribution is -2.42. The minimum atomic E-state index is -0.840. The van der Waals surface area contributed by atoms with E-state index in [0.29, 0.717) is 88.1 Å². The lowest BCUT2D eigenvalue weighted by Gasteiger charge is -2.35. The molecule has 0 radical (unpaired) electrons. The number of nitrogens with one attached hydrogen (secondary N) is 1. The van der Waals surface area contributed by atoms with Crippen LogP contribution in [0.4, 0.5) is 20.3 Å². The Morgan fingerprint density at radius 1 is 0.985 bits per heavy atom. The van der Waals surface area contributed by atoms with Gasteiger partial charge >= 0.3 is 5.76 Å². The summed E-state index contributed by atoms with van der Waals surface area (Å²) in [5.41, 5.74) is 4.97. The van der Waals surface area contributed by atoms with Crippen molar-refractivity contribution in [2.24, 2.45) is 18.0 Å². The molecule has 1 amide bonds. The molecule has 12 rings (SSSR count). The number of halogens is 2. The van der Waals surface area contributed by atoms with Crippen molar-refractivity contribution in [2.75, 3.05) is 31.3 Å². The number of ether oxygens (including phenoxy) is 3. The van der Waals surface area contributed by atoms with Crippen LogP contribution in [0, 0.1) is 31.4 Å². The summed E-state index contributed by atoms with van der Waals surface area (Å²) < 4.78 is 60.7. The minimum absolute atomic E-state index is 0.0136. The van der Waals surface area contributed by atoms with E-state index in [0.717, 1.165) is 23.7 Å². The molecule has 4 aromatic heterocycles. The molecule has 5 atom stereocenters. The predicted octanol–water partition coefficient (Wildman–Crippen LogP) is 7.79. The summed E-state index contributed by atoms with van der Waals surface area (Å²) in [5.74, 6) is -0.355. The fraction of sp³-hybridized carbons (Fsp3) is 0.429. The topological polar surface area (TPSA) is 163 Å². The minimum Gasteiger partial charge on any atom is -0.489 e. The number of benzene rings is 3. The number of rotatable bonds is 6. The lowest BCUT2D eigenvalue weighted by atomic mass is 9.83. The third-order valence-corrected chi connectivity index (χ3v) is 14.9. The molecule has 16 nitrogen and oxygen atoms in total. The van der Waals surface area contributed by atoms with Crippen LogP contribution in [0.5, 0.6) is 5.75 Å². The van der Waals surface area contributed by atoms with Crippen LogP contribution < -0.4 is 15.4 Å². The van der Waals surface area contributed by atoms with Crippen LogP contribution in [0.15, 0.2) is 63.0 Å². The summed E-state index contributed by atoms with van der Waals surface area (Å²) in [7, 11) is 1.75. The molecule has 1 N–H and O–H groups in total. The number of aromatic nitrogens is 7. The second kappa shape index (κ2) is 14.6. The summed E-state index contributed by atoms with van der Waals surface area (Å²) in [6, 6.07) is 12.8. The molecule has 5 aliphatic rings. The molecule has 0 spiro atoms. The number of H-pyrrole nitrogens is 1. The van der Waals surface area contributed by atoms with E-state index in [-0.39, 0.29) is 60.1 Å². The van der Waals surface area contributed by atoms with Gasteiger partial charge in [0.1, 0.15) is 47.7 Å². The molecule has 7 aromatic rings. The third kappa shape index (κ3) is 6.23. The highest BCUT2D eigenvalue weighted by atomic mass is 19.1. The Bertz CT molecular complexity index is 3300. The van der Waals surface area contributed by atoms with Crippen molar-refractivity contribution in [3.63, 3.8) is 0 Å². The highest BCUT2D eigenvalue weighted by Gasteiger charge is 2.59. The van der Waals surface area contributed by atoms with E-state index in [1.807, 2.05) is 22.5 Å². The molecule has 0 bridgehead atoms. The van der Waals surface area contributed by atoms with E-state index >= 15 is 13.6 Å². The van der Waals surface area contributed by atoms with Gasteiger partial charge in [0.05, 0.1) is 40.1 Å². The van der Waals surface area contributed by atoms with Crippen molar-refractivity contribution in [1.29, 1.82) is 0 Å². The Hall–Kier alpha value is -6.82. The molecule has 18 heteroatoms. The number of amidine groups is 1. The molecular formula is C49H50F2N10O6. The Balaban J connectivity index is 0.996. The highest BCUT2D eigenvalue weighted by molar-refractivity contribution is 6.02. The largest absolute Gasteiger partial charge is 0.489 e. The number of aryl methyl sites for hydroxylation is 3. The third-order valence-electron chi connectivity index (χ3n) is 14.9. The van der Waals surface area contributed by atoms with Crippen molar-refractivity contribution in [3.05, 3.63) is 110 Å². The number of nitrogens with zero attached hydrogens (tertiary/aromatic N) is 9. The average Bonchev–Trinajstić information content (AvgIpc) is 3.94. The van der Waals surface area contributed by atoms with Gasteiger partial charge < -0.3 is 23.7 Å². The van der Waals surface area contributed by atoms with E-state index in [1.54, 1.807) is 53.4 Å². The van der Waals surface area contributed by atoms with Crippen LogP contribution in [0.3, 0.4) is 0 Å². The Kier molecular flexibility index (Phi) is 9.06. The van der Waals surface area contributed by atoms with Gasteiger partial charge in [-0.25, -0.2) is 18.3 Å². The quantitative estimate of drug-likeness (QED) is 0.174. The van der Waals surface area contributed by atoms with Crippen molar-refractivity contribution in [2.45, 2.75) is 96.4 Å². The van der Waals surface area contributed by atoms with Gasteiger partial charge in [0.25, 0.3) is 11.9 Å². The maximum absolute atomic E-state index is 16.6. The summed E-state index contributed by atoms with van der Waals surface area (Å²) in [6.45, 7) is 13.1. The van der Waals surface area contributed by atoms with E-state index in [2.05, 4.69) is 54.2 Å². The average molecular weight is 913 g/mol. The van der Waals surface area contributed by atoms with Crippen LogP contribution in [-0.4, -0.2) is 89.1 Å². The van der Waals surface area contributed by atoms with Crippen molar-refractivity contribution >= 4 is 45.2 Å². The number of aliphatic imine (C=N–C) groups is 1. The molecule has 67 heavy (non-hydrogen) atoms. The number of fused-ring (bicyclic) bond motifs is 6. The van der Waals surface area contributed by atoms with Crippen molar-refractivity contribution in [1.82, 2.24) is 39.2 Å². The molecule has 1 saturated carbocycles. The first-order valence-corrected chi connectivity index (χ1v) is 23.0. The fourth-order valence-corrected chi connectivity index (χ4v) is 11.4. The maximum Gasteiger partial charge on any atom is 0.438 e. The predicted molar refractivity (Wildman–Crippen MR) is 244 cm³/mol. The maximum atomic E-state index is 16.6. The van der Waals surface area contributed by atoms with Crippen molar-refractivity contribution in [3.8, 4) is 11.4 Å². The van der Waals surface area contributed by atoms with E-state index in [9.17, 15) is 4.79 Å². The van der Waals surface area contributed by atoms with Gasteiger partial charge in [-0.15, -0.1) is 0 Å². The zero-order valence-corrected chi connectivity index (χ0v) is 38.3. The molecule has 3 aromatic carbocycles. The SMILES string of the molecule is Cc1cc(-n2nc3c(c2/N=C2\OC[C@@H]4COc5cc6c(cnn6C)c(F)c5N24)[C@H](C)N(C(=O)c2cc4cc([C@H]5CCOC(C)(C)C5)ccc4n2[C@@]2(c4noc(=O)[nH]4)C[C@@H]2C)CC3)cc(C)c1F. The van der Waals surface area contributed by atoms with Crippen LogP contribution in [-0.2, 0) is 28.5 Å². The highest BCUT2D eigenvalue weighted by Crippen LogP contribution is 2.56. The molecule has 2 saturated heterocycles. The molecule has 346 valence electrons. The van der Waals surface area contributed by atoms with Crippen LogP contribution in [0.1, 0.15) is 103 Å². The van der Waals surface area contributed by atoms with Crippen LogP contribution in [0.2, 0.25) is 0 Å². The first-order valence-electron chi connectivity index (χ1n) is 23.0. The number of carbonyl (C=O) groups excluding carboxylic acids is 1. The van der Waals surface area contributed by atoms with Crippen LogP contribution in [0.25, 0.3) is 27.5 Å². The van der Waals surface area contributed by atoms with Gasteiger partial charge in [-0.2, -0.15) is 15.2 Å². The number of hydrogen-bond donors (Lipinski definition) is 1. The molecule has 8 heterocycles. The monoisotopic (exact) mass is 912 g/mol. The molecule has 3 fully saturated rings. The summed E-state index contributed by atoms with van der Waals surface area (Å²) in [5, 5.41) is 14.8. The standard InChI is InChI=1S/C49H50F2N10O6/c1-24-14-31(15-25(2)40(24)50)61-43(53-46-59-32(23-65-46)22-64-38-18-36-33(21-52-57(36)7)41(51)42(38)59)39-27(4)58(12-10-34(39)55-61)44(62)37-17-30-16-28(29-11-13-66-48(5,6)20-29)8-9-35(30)60(37)49(19-26(49)3)45-54-47(63)67-56-45/h8-9,14-18,21,26-27,29,32H,10-13,19-20,22-23H2,1-7H3,(H,54,56,63)/b53-46-/t26-,27-,29-,32-,49-/m0/s1. The second-order valence-electron chi connectivity index (χ2n) is 19.6. The van der Waals surface area contributed by atoms with Gasteiger partial charge in [0.15, 0.2) is 17.5 Å². The Labute approximate surface area is 383 Å². The summed E-state index contributed by atoms with van der Waals surface area (Å²) in [4.78, 5) is 39.7. The van der Waals surface area contributed by atoms with E-state index in [1.165, 1.54) is 11.8 Å². The smallest absolute Gasteiger partial charge is 0.438 e. The molecule has 1 aliphatic carbocycles. The molecular weight excluding hydrogens is 863 g/mol. The lowest BCUT2D eigenvalue weighted by molar-refractivity contribution is -0.0592. The number of aromatic amines is 1. The normalized spacial score (nSPS) is 24.8. The van der Waals surface area contributed by atoms with Crippen molar-refractivity contribution < 1.29 is 32.3 Å². The van der Waals surface area contributed by atoms with Gasteiger partial charge in [0, 0.05) is 49.2 Å². The first-order chi connectivity index (χ1) is 32.1. The number of carbonyl (C=O) groups is 1. The second-order valence-corrected chi connectivity index (χ2v) is 19.6. The Morgan fingerprint density at radius 2 is 1.76 bits per heavy atom. The molecule has 0 unspecified atom stereocenters. The zero-order valence-electron chi connectivity index (χ0n) is 38.3. The number of hydrogen-bond acceptors (Lipinski definition) is 10. The van der Waals surface area contributed by atoms with Gasteiger partial charge in [-0.3, -0.25) is 23.9 Å². The van der Waals surface area contributed by atoms with E-state index < -0.39 is 23.2 Å². The van der Waals surface area contributed by atoms with Gasteiger partial charge in [0.2, 0.25) is 0 Å². The molecule has 4 aliphatic heterocycles. The first kappa shape index (κ1) is 41.6. The fourth-order valence-electron chi connectivity index (χ4n) is 11.4. The van der Waals surface area contributed by atoms with Gasteiger partial charge in [-0.05, 0) is 113 Å². The van der Waals surface area contributed by atoms with E-state index in [4.69, 9.17) is 28.8 Å². The number of amides is 1. The van der Waals surface area contributed by atoms with Gasteiger partial charge in [-0.1, -0.05) is 18.1 Å². The summed E-state index contributed by atoms with van der Waals surface area (Å²) in [6.07, 6.45) is 4.25. The number of anilines is 1. The summed E-state index contributed by atoms with van der Waals surface area (Å²) >= 11 is 0. The van der Waals surface area contributed by atoms with Crippen LogP contribution >= 0.6 is 0 Å².